The van der Waals surface area contributed by atoms with Crippen molar-refractivity contribution < 1.29 is 17.9 Å². The molecule has 1 rings (SSSR count). The predicted octanol–water partition coefficient (Wildman–Crippen LogP) is 2.93. The highest BCUT2D eigenvalue weighted by molar-refractivity contribution is 9.10. The maximum atomic E-state index is 12.6. The molecular weight excluding hydrogens is 251 g/mol. The van der Waals surface area contributed by atoms with Crippen molar-refractivity contribution in [3.8, 4) is 5.75 Å². The minimum atomic E-state index is -2.79. The van der Waals surface area contributed by atoms with Crippen LogP contribution in [0.3, 0.4) is 0 Å². The number of nitrogens with zero attached hydrogens (tertiary/aromatic N) is 1. The Morgan fingerprint density at radius 1 is 1.54 bits per heavy atom. The first-order chi connectivity index (χ1) is 6.06. The van der Waals surface area contributed by atoms with Crippen molar-refractivity contribution in [3.05, 3.63) is 22.2 Å². The van der Waals surface area contributed by atoms with Crippen LogP contribution in [0.5, 0.6) is 5.75 Å². The zero-order valence-electron chi connectivity index (χ0n) is 6.52. The normalized spacial score (nSPS) is 10.6. The zero-order valence-corrected chi connectivity index (χ0v) is 8.11. The second kappa shape index (κ2) is 3.95. The second-order valence-electron chi connectivity index (χ2n) is 2.16. The molecule has 0 spiro atoms. The fraction of sp³-hybridized carbons (Fsp3) is 0.286. The number of rotatable bonds is 2. The highest BCUT2D eigenvalue weighted by Gasteiger charge is 2.18. The van der Waals surface area contributed by atoms with Crippen LogP contribution in [0.2, 0.25) is 0 Å². The summed E-state index contributed by atoms with van der Waals surface area (Å²) in [6.07, 6.45) is -2.79. The molecule has 0 saturated heterocycles. The van der Waals surface area contributed by atoms with Gasteiger partial charge >= 0.3 is 0 Å². The van der Waals surface area contributed by atoms with Crippen LogP contribution in [0.25, 0.3) is 0 Å². The van der Waals surface area contributed by atoms with E-state index >= 15 is 0 Å². The van der Waals surface area contributed by atoms with Gasteiger partial charge in [-0.1, -0.05) is 0 Å². The van der Waals surface area contributed by atoms with Crippen LogP contribution in [0, 0.1) is 5.95 Å². The summed E-state index contributed by atoms with van der Waals surface area (Å²) in [6.45, 7) is 0. The van der Waals surface area contributed by atoms with Crippen molar-refractivity contribution in [1.29, 1.82) is 0 Å². The molecule has 0 amide bonds. The van der Waals surface area contributed by atoms with Crippen molar-refractivity contribution in [1.82, 2.24) is 4.98 Å². The Labute approximate surface area is 80.9 Å². The Morgan fingerprint density at radius 2 is 2.15 bits per heavy atom. The number of alkyl halides is 2. The predicted molar refractivity (Wildman–Crippen MR) is 43.4 cm³/mol. The van der Waals surface area contributed by atoms with Crippen molar-refractivity contribution in [2.45, 2.75) is 6.43 Å². The van der Waals surface area contributed by atoms with E-state index in [1.165, 1.54) is 7.11 Å². The Kier molecular flexibility index (Phi) is 3.13. The van der Waals surface area contributed by atoms with E-state index in [0.29, 0.717) is 6.07 Å². The molecular formula is C7H5BrF3NO. The van der Waals surface area contributed by atoms with Crippen molar-refractivity contribution >= 4 is 15.9 Å². The molecule has 6 heteroatoms. The topological polar surface area (TPSA) is 22.1 Å². The van der Waals surface area contributed by atoms with Gasteiger partial charge in [0.25, 0.3) is 6.43 Å². The van der Waals surface area contributed by atoms with Gasteiger partial charge in [0.2, 0.25) is 5.95 Å². The molecule has 0 N–H and O–H groups in total. The minimum absolute atomic E-state index is 0.0645. The minimum Gasteiger partial charge on any atom is -0.493 e. The van der Waals surface area contributed by atoms with Crippen LogP contribution in [0.1, 0.15) is 12.0 Å². The Hall–Kier alpha value is -0.780. The van der Waals surface area contributed by atoms with Crippen LogP contribution in [0.15, 0.2) is 10.7 Å². The Morgan fingerprint density at radius 3 is 2.62 bits per heavy atom. The smallest absolute Gasteiger partial charge is 0.267 e. The lowest BCUT2D eigenvalue weighted by atomic mass is 10.2. The number of methoxy groups -OCH3 is 1. The van der Waals surface area contributed by atoms with E-state index in [4.69, 9.17) is 0 Å². The third-order valence-electron chi connectivity index (χ3n) is 1.37. The summed E-state index contributed by atoms with van der Waals surface area (Å²) in [7, 11) is 1.21. The molecule has 0 aliphatic heterocycles. The second-order valence-corrected chi connectivity index (χ2v) is 2.91. The first kappa shape index (κ1) is 10.3. The lowest BCUT2D eigenvalue weighted by Gasteiger charge is -2.08. The molecule has 0 bridgehead atoms. The maximum absolute atomic E-state index is 12.6. The summed E-state index contributed by atoms with van der Waals surface area (Å²) in [5, 5.41) is 0. The van der Waals surface area contributed by atoms with Gasteiger partial charge in [-0.25, -0.2) is 13.8 Å². The molecule has 2 nitrogen and oxygen atoms in total. The summed E-state index contributed by atoms with van der Waals surface area (Å²) in [5.74, 6) is -1.11. The molecule has 0 saturated carbocycles. The van der Waals surface area contributed by atoms with Crippen molar-refractivity contribution in [2.24, 2.45) is 0 Å². The quantitative estimate of drug-likeness (QED) is 0.759. The highest BCUT2D eigenvalue weighted by atomic mass is 79.9. The molecule has 0 aromatic carbocycles. The molecule has 1 aromatic rings. The molecule has 0 aliphatic carbocycles. The summed E-state index contributed by atoms with van der Waals surface area (Å²) in [5.41, 5.74) is -0.512. The zero-order chi connectivity index (χ0) is 10.0. The van der Waals surface area contributed by atoms with Crippen molar-refractivity contribution in [2.75, 3.05) is 7.11 Å². The fourth-order valence-electron chi connectivity index (χ4n) is 0.854. The van der Waals surface area contributed by atoms with Gasteiger partial charge in [0.05, 0.1) is 12.7 Å². The van der Waals surface area contributed by atoms with E-state index in [2.05, 4.69) is 25.7 Å². The standard InChI is InChI=1S/C7H5BrF3NO/c1-13-5-3(7(10)11)2-4(9)12-6(5)8/h2,7H,1H3. The van der Waals surface area contributed by atoms with E-state index in [0.717, 1.165) is 0 Å². The number of halogens is 4. The number of ether oxygens (including phenoxy) is 1. The van der Waals surface area contributed by atoms with Gasteiger partial charge in [0, 0.05) is 6.07 Å². The SMILES string of the molecule is COc1c(C(F)F)cc(F)nc1Br. The van der Waals surface area contributed by atoms with E-state index in [1.807, 2.05) is 0 Å². The largest absolute Gasteiger partial charge is 0.493 e. The highest BCUT2D eigenvalue weighted by Crippen LogP contribution is 2.34. The molecule has 1 aromatic heterocycles. The van der Waals surface area contributed by atoms with Gasteiger partial charge in [0.15, 0.2) is 10.4 Å². The summed E-state index contributed by atoms with van der Waals surface area (Å²) in [6, 6.07) is 0.647. The van der Waals surface area contributed by atoms with Gasteiger partial charge in [-0.3, -0.25) is 0 Å². The lowest BCUT2D eigenvalue weighted by Crippen LogP contribution is -1.97. The molecule has 1 heterocycles. The first-order valence-corrected chi connectivity index (χ1v) is 4.03. The maximum Gasteiger partial charge on any atom is 0.267 e. The summed E-state index contributed by atoms with van der Waals surface area (Å²) >= 11 is 2.82. The fourth-order valence-corrected chi connectivity index (χ4v) is 1.41. The van der Waals surface area contributed by atoms with Crippen molar-refractivity contribution in [3.63, 3.8) is 0 Å². The van der Waals surface area contributed by atoms with Gasteiger partial charge in [-0.2, -0.15) is 4.39 Å². The monoisotopic (exact) mass is 255 g/mol. The lowest BCUT2D eigenvalue weighted by molar-refractivity contribution is 0.146. The number of aromatic nitrogens is 1. The molecule has 0 atom stereocenters. The number of hydrogen-bond acceptors (Lipinski definition) is 2. The first-order valence-electron chi connectivity index (χ1n) is 3.24. The average molecular weight is 256 g/mol. The third-order valence-corrected chi connectivity index (χ3v) is 1.91. The van der Waals surface area contributed by atoms with E-state index in [1.54, 1.807) is 0 Å². The van der Waals surface area contributed by atoms with Crippen LogP contribution in [-0.4, -0.2) is 12.1 Å². The number of pyridine rings is 1. The van der Waals surface area contributed by atoms with Gasteiger partial charge in [-0.05, 0) is 15.9 Å². The molecule has 0 fully saturated rings. The molecule has 0 unspecified atom stereocenters. The Balaban J connectivity index is 3.29. The van der Waals surface area contributed by atoms with Crippen LogP contribution in [0.4, 0.5) is 13.2 Å². The van der Waals surface area contributed by atoms with E-state index in [9.17, 15) is 13.2 Å². The molecule has 72 valence electrons. The summed E-state index contributed by atoms with van der Waals surface area (Å²) < 4.78 is 41.7. The Bertz CT molecular complexity index is 319. The van der Waals surface area contributed by atoms with Gasteiger partial charge < -0.3 is 4.74 Å². The van der Waals surface area contributed by atoms with Crippen LogP contribution < -0.4 is 4.74 Å². The van der Waals surface area contributed by atoms with Crippen LogP contribution in [-0.2, 0) is 0 Å². The third kappa shape index (κ3) is 2.12. The molecule has 13 heavy (non-hydrogen) atoms. The van der Waals surface area contributed by atoms with Gasteiger partial charge in [-0.15, -0.1) is 0 Å². The number of hydrogen-bond donors (Lipinski definition) is 0. The molecule has 0 aliphatic rings. The van der Waals surface area contributed by atoms with Gasteiger partial charge in [0.1, 0.15) is 0 Å². The van der Waals surface area contributed by atoms with Crippen LogP contribution >= 0.6 is 15.9 Å². The van der Waals surface area contributed by atoms with E-state index in [-0.39, 0.29) is 10.4 Å². The average Bonchev–Trinajstić information content (AvgIpc) is 2.02. The molecule has 0 radical (unpaired) electrons. The summed E-state index contributed by atoms with van der Waals surface area (Å²) in [4.78, 5) is 3.28. The van der Waals surface area contributed by atoms with E-state index < -0.39 is 17.9 Å².